The molecule has 4 aromatic rings. The average molecular weight is 470 g/mol. The summed E-state index contributed by atoms with van der Waals surface area (Å²) in [5.41, 5.74) is 3.76. The van der Waals surface area contributed by atoms with Crippen molar-refractivity contribution in [1.82, 2.24) is 19.7 Å². The summed E-state index contributed by atoms with van der Waals surface area (Å²) in [6.07, 6.45) is -0.742. The number of nitrogens with one attached hydrogen (secondary N) is 1. The van der Waals surface area contributed by atoms with Gasteiger partial charge in [-0.25, -0.2) is 9.97 Å². The van der Waals surface area contributed by atoms with Crippen LogP contribution < -0.4 is 14.8 Å². The zero-order valence-electron chi connectivity index (χ0n) is 18.4. The third kappa shape index (κ3) is 5.45. The van der Waals surface area contributed by atoms with Gasteiger partial charge in [0.1, 0.15) is 22.8 Å². The van der Waals surface area contributed by atoms with Crippen molar-refractivity contribution in [3.63, 3.8) is 0 Å². The smallest absolute Gasteiger partial charge is 0.439 e. The summed E-state index contributed by atoms with van der Waals surface area (Å²) >= 11 is 0. The first-order chi connectivity index (χ1) is 16.2. The molecular formula is C24H21F3N4O3. The maximum atomic E-state index is 12.9. The number of alkyl halides is 3. The molecule has 0 spiro atoms. The van der Waals surface area contributed by atoms with Crippen molar-refractivity contribution in [3.8, 4) is 17.4 Å². The zero-order chi connectivity index (χ0) is 24.3. The van der Waals surface area contributed by atoms with Gasteiger partial charge in [0.05, 0.1) is 5.69 Å². The number of nitrogens with zero attached hydrogens (tertiary/aromatic N) is 3. The third-order valence-electron chi connectivity index (χ3n) is 4.93. The summed E-state index contributed by atoms with van der Waals surface area (Å²) in [6.45, 7) is 4.17. The van der Waals surface area contributed by atoms with Crippen molar-refractivity contribution in [1.29, 1.82) is 0 Å². The van der Waals surface area contributed by atoms with E-state index in [-0.39, 0.29) is 24.1 Å². The first kappa shape index (κ1) is 23.1. The molecule has 7 nitrogen and oxygen atoms in total. The molecule has 1 N–H and O–H groups in total. The molecular weight excluding hydrogens is 449 g/mol. The Bertz CT molecular complexity index is 1300. The molecule has 0 fully saturated rings. The summed E-state index contributed by atoms with van der Waals surface area (Å²) in [7, 11) is 0. The van der Waals surface area contributed by atoms with Crippen molar-refractivity contribution < 1.29 is 27.4 Å². The van der Waals surface area contributed by atoms with Gasteiger partial charge in [0.25, 0.3) is 5.91 Å². The Morgan fingerprint density at radius 1 is 1.09 bits per heavy atom. The molecule has 0 saturated carbocycles. The van der Waals surface area contributed by atoms with Crippen LogP contribution in [-0.2, 0) is 13.0 Å². The summed E-state index contributed by atoms with van der Waals surface area (Å²) in [5, 5.41) is 2.89. The molecule has 0 bridgehead atoms. The molecule has 10 heteroatoms. The van der Waals surface area contributed by atoms with Crippen LogP contribution in [0.15, 0.2) is 60.9 Å². The molecule has 0 aliphatic carbocycles. The lowest BCUT2D eigenvalue weighted by atomic mass is 10.2. The molecule has 4 rings (SSSR count). The molecule has 0 atom stereocenters. The Morgan fingerprint density at radius 3 is 2.47 bits per heavy atom. The van der Waals surface area contributed by atoms with E-state index in [1.54, 1.807) is 22.7 Å². The number of amides is 1. The van der Waals surface area contributed by atoms with Gasteiger partial charge in [-0.2, -0.15) is 0 Å². The lowest BCUT2D eigenvalue weighted by Crippen LogP contribution is -2.25. The first-order valence-corrected chi connectivity index (χ1v) is 10.5. The quantitative estimate of drug-likeness (QED) is 0.401. The first-order valence-electron chi connectivity index (χ1n) is 10.5. The van der Waals surface area contributed by atoms with E-state index >= 15 is 0 Å². The molecule has 0 unspecified atom stereocenters. The number of aromatic nitrogens is 3. The normalized spacial score (nSPS) is 11.4. The number of pyridine rings is 2. The Labute approximate surface area is 193 Å². The predicted molar refractivity (Wildman–Crippen MR) is 118 cm³/mol. The lowest BCUT2D eigenvalue weighted by Gasteiger charge is -2.10. The van der Waals surface area contributed by atoms with Crippen LogP contribution in [0.25, 0.3) is 5.65 Å². The van der Waals surface area contributed by atoms with Crippen LogP contribution >= 0.6 is 0 Å². The van der Waals surface area contributed by atoms with Gasteiger partial charge in [-0.3, -0.25) is 9.20 Å². The van der Waals surface area contributed by atoms with E-state index in [1.165, 1.54) is 12.1 Å². The maximum absolute atomic E-state index is 12.9. The minimum atomic E-state index is -4.75. The van der Waals surface area contributed by atoms with Crippen LogP contribution in [0.3, 0.4) is 0 Å². The number of benzene rings is 1. The molecule has 3 aromatic heterocycles. The summed E-state index contributed by atoms with van der Waals surface area (Å²) in [6, 6.07) is 12.2. The maximum Gasteiger partial charge on any atom is 0.573 e. The minimum Gasteiger partial charge on any atom is -0.439 e. The zero-order valence-corrected chi connectivity index (χ0v) is 18.4. The van der Waals surface area contributed by atoms with Crippen molar-refractivity contribution in [2.75, 3.05) is 0 Å². The molecule has 1 amide bonds. The second-order valence-electron chi connectivity index (χ2n) is 7.50. The molecule has 0 aliphatic rings. The van der Waals surface area contributed by atoms with Gasteiger partial charge in [0.15, 0.2) is 0 Å². The molecule has 1 aromatic carbocycles. The number of halogens is 3. The Morgan fingerprint density at radius 2 is 1.82 bits per heavy atom. The van der Waals surface area contributed by atoms with E-state index in [1.807, 2.05) is 32.2 Å². The molecule has 176 valence electrons. The lowest BCUT2D eigenvalue weighted by molar-refractivity contribution is -0.274. The molecule has 0 saturated heterocycles. The number of ether oxygens (including phenoxy) is 2. The number of aryl methyl sites for hydroxylation is 2. The fourth-order valence-electron chi connectivity index (χ4n) is 3.35. The molecule has 0 radical (unpaired) electrons. The average Bonchev–Trinajstić information content (AvgIpc) is 3.16. The van der Waals surface area contributed by atoms with Crippen molar-refractivity contribution in [3.05, 3.63) is 83.4 Å². The van der Waals surface area contributed by atoms with E-state index < -0.39 is 6.36 Å². The number of carbonyl (C=O) groups excluding carboxylic acids is 1. The van der Waals surface area contributed by atoms with Crippen LogP contribution in [-0.4, -0.2) is 26.6 Å². The van der Waals surface area contributed by atoms with Gasteiger partial charge in [-0.1, -0.05) is 13.0 Å². The van der Waals surface area contributed by atoms with Gasteiger partial charge in [-0.05, 0) is 60.9 Å². The number of imidazole rings is 1. The Balaban J connectivity index is 1.38. The number of carbonyl (C=O) groups is 1. The van der Waals surface area contributed by atoms with Crippen LogP contribution in [0.5, 0.6) is 17.4 Å². The fraction of sp³-hybridized carbons (Fsp3) is 0.208. The van der Waals surface area contributed by atoms with Crippen molar-refractivity contribution in [2.45, 2.75) is 33.2 Å². The number of fused-ring (bicyclic) bond motifs is 1. The van der Waals surface area contributed by atoms with E-state index in [4.69, 9.17) is 4.74 Å². The standard InChI is InChI=1S/C24H21F3N4O3/c1-3-19-22(31-11-10-15(2)12-20(31)30-19)23(32)29-14-16-4-9-21(28-13-16)33-17-5-7-18(8-6-17)34-24(25,26)27/h4-13H,3,14H2,1-2H3,(H,29,32). The van der Waals surface area contributed by atoms with Gasteiger partial charge in [-0.15, -0.1) is 13.2 Å². The Kier molecular flexibility index (Phi) is 6.40. The van der Waals surface area contributed by atoms with Gasteiger partial charge < -0.3 is 14.8 Å². The second kappa shape index (κ2) is 9.42. The van der Waals surface area contributed by atoms with Crippen LogP contribution in [0, 0.1) is 6.92 Å². The highest BCUT2D eigenvalue weighted by atomic mass is 19.4. The number of hydrogen-bond donors (Lipinski definition) is 1. The second-order valence-corrected chi connectivity index (χ2v) is 7.50. The summed E-state index contributed by atoms with van der Waals surface area (Å²) in [5.74, 6) is -0.0241. The highest BCUT2D eigenvalue weighted by molar-refractivity contribution is 5.94. The predicted octanol–water partition coefficient (Wildman–Crippen LogP) is 5.22. The monoisotopic (exact) mass is 470 g/mol. The van der Waals surface area contributed by atoms with Gasteiger partial charge >= 0.3 is 6.36 Å². The Hall–Kier alpha value is -4.08. The topological polar surface area (TPSA) is 77.8 Å². The SMILES string of the molecule is CCc1nc2cc(C)ccn2c1C(=O)NCc1ccc(Oc2ccc(OC(F)(F)F)cc2)nc1. The van der Waals surface area contributed by atoms with Crippen LogP contribution in [0.4, 0.5) is 13.2 Å². The van der Waals surface area contributed by atoms with E-state index in [0.29, 0.717) is 17.9 Å². The van der Waals surface area contributed by atoms with Crippen molar-refractivity contribution in [2.24, 2.45) is 0 Å². The summed E-state index contributed by atoms with van der Waals surface area (Å²) in [4.78, 5) is 21.6. The van der Waals surface area contributed by atoms with Crippen molar-refractivity contribution >= 4 is 11.6 Å². The third-order valence-corrected chi connectivity index (χ3v) is 4.93. The van der Waals surface area contributed by atoms with Crippen LogP contribution in [0.2, 0.25) is 0 Å². The highest BCUT2D eigenvalue weighted by Crippen LogP contribution is 2.26. The molecule has 0 aliphatic heterocycles. The van der Waals surface area contributed by atoms with Gasteiger partial charge in [0.2, 0.25) is 5.88 Å². The minimum absolute atomic E-state index is 0.241. The summed E-state index contributed by atoms with van der Waals surface area (Å²) < 4.78 is 47.9. The number of hydrogen-bond acceptors (Lipinski definition) is 5. The van der Waals surface area contributed by atoms with E-state index in [0.717, 1.165) is 34.6 Å². The van der Waals surface area contributed by atoms with Gasteiger partial charge in [0, 0.05) is 25.0 Å². The van der Waals surface area contributed by atoms with E-state index in [2.05, 4.69) is 20.0 Å². The largest absolute Gasteiger partial charge is 0.573 e. The van der Waals surface area contributed by atoms with Crippen LogP contribution in [0.1, 0.15) is 34.2 Å². The highest BCUT2D eigenvalue weighted by Gasteiger charge is 2.31. The molecule has 3 heterocycles. The fourth-order valence-corrected chi connectivity index (χ4v) is 3.35. The van der Waals surface area contributed by atoms with E-state index in [9.17, 15) is 18.0 Å². The number of rotatable bonds is 7. The molecule has 34 heavy (non-hydrogen) atoms.